The van der Waals surface area contributed by atoms with E-state index in [1.54, 1.807) is 6.07 Å². The van der Waals surface area contributed by atoms with Gasteiger partial charge in [-0.25, -0.2) is 0 Å². The number of anilines is 2. The highest BCUT2D eigenvalue weighted by Gasteiger charge is 2.21. The van der Waals surface area contributed by atoms with Gasteiger partial charge in [-0.05, 0) is 74.3 Å². The molecule has 0 aliphatic carbocycles. The first-order valence-corrected chi connectivity index (χ1v) is 12.7. The van der Waals surface area contributed by atoms with E-state index in [0.29, 0.717) is 33.6 Å². The third kappa shape index (κ3) is 6.64. The molecule has 1 aliphatic rings. The summed E-state index contributed by atoms with van der Waals surface area (Å²) < 4.78 is 14.5. The van der Waals surface area contributed by atoms with Gasteiger partial charge in [0.2, 0.25) is 0 Å². The number of amidine groups is 1. The summed E-state index contributed by atoms with van der Waals surface area (Å²) in [5.74, 6) is 1.60. The summed E-state index contributed by atoms with van der Waals surface area (Å²) in [6.07, 6.45) is 0.392. The van der Waals surface area contributed by atoms with Gasteiger partial charge in [0, 0.05) is 30.3 Å². The Kier molecular flexibility index (Phi) is 8.12. The van der Waals surface area contributed by atoms with Crippen molar-refractivity contribution in [2.24, 2.45) is 10.7 Å². The molecule has 2 atom stereocenters. The predicted octanol–water partition coefficient (Wildman–Crippen LogP) is 4.75. The van der Waals surface area contributed by atoms with Crippen molar-refractivity contribution in [3.8, 4) is 11.5 Å². The van der Waals surface area contributed by atoms with Gasteiger partial charge in [0.1, 0.15) is 27.9 Å². The van der Waals surface area contributed by atoms with Crippen LogP contribution in [0.15, 0.2) is 52.3 Å². The van der Waals surface area contributed by atoms with Gasteiger partial charge >= 0.3 is 0 Å². The van der Waals surface area contributed by atoms with Crippen LogP contribution in [0.2, 0.25) is 5.02 Å². The first kappa shape index (κ1) is 25.2. The molecule has 1 fully saturated rings. The van der Waals surface area contributed by atoms with Crippen LogP contribution in [-0.2, 0) is 4.74 Å². The number of H-pyrrole nitrogens is 1. The van der Waals surface area contributed by atoms with E-state index in [-0.39, 0.29) is 23.6 Å². The molecule has 3 aromatic rings. The molecule has 1 saturated heterocycles. The number of nitrogens with one attached hydrogen (secondary N) is 2. The maximum absolute atomic E-state index is 12.4. The van der Waals surface area contributed by atoms with Crippen LogP contribution in [0.25, 0.3) is 0 Å². The summed E-state index contributed by atoms with van der Waals surface area (Å²) in [5, 5.41) is 4.49. The van der Waals surface area contributed by atoms with Gasteiger partial charge in [-0.2, -0.15) is 0 Å². The minimum absolute atomic E-state index is 0.196. The molecule has 2 heterocycles. The zero-order valence-corrected chi connectivity index (χ0v) is 21.6. The molecule has 0 radical (unpaired) electrons. The summed E-state index contributed by atoms with van der Waals surface area (Å²) in [4.78, 5) is 19.2. The maximum atomic E-state index is 12.4. The molecule has 2 aromatic carbocycles. The number of benzene rings is 2. The Morgan fingerprint density at radius 2 is 1.97 bits per heavy atom. The zero-order chi connectivity index (χ0) is 24.9. The SMILES string of the molecule is Cc1ccc(Cl)cc1Oc1ccc(Nc2s[nH]c(=O)c2C(N)=NCCN2CC(C)OC(C)C2)cc1. The lowest BCUT2D eigenvalue weighted by molar-refractivity contribution is -0.0669. The Labute approximate surface area is 213 Å². The lowest BCUT2D eigenvalue weighted by Crippen LogP contribution is -2.46. The van der Waals surface area contributed by atoms with E-state index in [9.17, 15) is 4.79 Å². The molecule has 0 amide bonds. The van der Waals surface area contributed by atoms with E-state index in [0.717, 1.165) is 30.9 Å². The molecule has 8 nitrogen and oxygen atoms in total. The van der Waals surface area contributed by atoms with Crippen LogP contribution in [-0.4, -0.2) is 53.5 Å². The van der Waals surface area contributed by atoms with Crippen molar-refractivity contribution >= 4 is 39.7 Å². The number of aromatic nitrogens is 1. The van der Waals surface area contributed by atoms with Crippen LogP contribution in [0, 0.1) is 6.92 Å². The molecule has 4 rings (SSSR count). The second-order valence-electron chi connectivity index (χ2n) is 8.68. The lowest BCUT2D eigenvalue weighted by Gasteiger charge is -2.34. The summed E-state index contributed by atoms with van der Waals surface area (Å²) in [7, 11) is 0. The first-order chi connectivity index (χ1) is 16.8. The van der Waals surface area contributed by atoms with E-state index in [1.807, 2.05) is 43.3 Å². The summed E-state index contributed by atoms with van der Waals surface area (Å²) in [5.41, 5.74) is 8.10. The van der Waals surface area contributed by atoms with Crippen LogP contribution in [0.5, 0.6) is 11.5 Å². The number of aromatic amines is 1. The monoisotopic (exact) mass is 515 g/mol. The fraction of sp³-hybridized carbons (Fsp3) is 0.360. The molecule has 186 valence electrons. The predicted molar refractivity (Wildman–Crippen MR) is 143 cm³/mol. The van der Waals surface area contributed by atoms with Crippen LogP contribution in [0.3, 0.4) is 0 Å². The highest BCUT2D eigenvalue weighted by molar-refractivity contribution is 7.10. The van der Waals surface area contributed by atoms with Crippen molar-refractivity contribution in [3.63, 3.8) is 0 Å². The second-order valence-corrected chi connectivity index (χ2v) is 9.94. The molecule has 4 N–H and O–H groups in total. The Morgan fingerprint density at radius 1 is 1.26 bits per heavy atom. The maximum Gasteiger partial charge on any atom is 0.271 e. The Morgan fingerprint density at radius 3 is 2.69 bits per heavy atom. The quantitative estimate of drug-likeness (QED) is 0.295. The van der Waals surface area contributed by atoms with Gasteiger partial charge in [-0.15, -0.1) is 0 Å². The van der Waals surface area contributed by atoms with Crippen molar-refractivity contribution in [3.05, 3.63) is 69.0 Å². The molecule has 0 spiro atoms. The number of aliphatic imine (C=N–C) groups is 1. The number of ether oxygens (including phenoxy) is 2. The molecule has 1 aliphatic heterocycles. The van der Waals surface area contributed by atoms with E-state index in [1.165, 1.54) is 11.5 Å². The van der Waals surface area contributed by atoms with Crippen molar-refractivity contribution < 1.29 is 9.47 Å². The van der Waals surface area contributed by atoms with Gasteiger partial charge in [-0.3, -0.25) is 19.1 Å². The number of morpholine rings is 1. The average molecular weight is 516 g/mol. The van der Waals surface area contributed by atoms with Crippen molar-refractivity contribution in [2.45, 2.75) is 33.0 Å². The number of halogens is 1. The molecular weight excluding hydrogens is 486 g/mol. The minimum Gasteiger partial charge on any atom is -0.457 e. The van der Waals surface area contributed by atoms with Gasteiger partial charge in [0.05, 0.1) is 18.8 Å². The van der Waals surface area contributed by atoms with Gasteiger partial charge in [0.15, 0.2) is 0 Å². The van der Waals surface area contributed by atoms with Gasteiger partial charge < -0.3 is 20.5 Å². The molecule has 0 saturated carbocycles. The number of rotatable bonds is 8. The lowest BCUT2D eigenvalue weighted by atomic mass is 10.2. The standard InChI is InChI=1S/C25H30ClN5O3S/c1-15-4-5-18(26)12-21(15)34-20-8-6-19(7-9-20)29-25-22(24(32)30-35-25)23(27)28-10-11-31-13-16(2)33-17(3)14-31/h4-9,12,16-17,29H,10-11,13-14H2,1-3H3,(H2,27,28)(H,30,32). The van der Waals surface area contributed by atoms with Gasteiger partial charge in [0.25, 0.3) is 5.56 Å². The van der Waals surface area contributed by atoms with Crippen molar-refractivity contribution in [2.75, 3.05) is 31.5 Å². The molecule has 35 heavy (non-hydrogen) atoms. The van der Waals surface area contributed by atoms with Crippen LogP contribution < -0.4 is 21.3 Å². The number of nitrogens with two attached hydrogens (primary N) is 1. The van der Waals surface area contributed by atoms with E-state index < -0.39 is 0 Å². The number of nitrogens with zero attached hydrogens (tertiary/aromatic N) is 2. The molecule has 0 bridgehead atoms. The van der Waals surface area contributed by atoms with E-state index >= 15 is 0 Å². The number of aryl methyl sites for hydroxylation is 1. The molecule has 1 aromatic heterocycles. The summed E-state index contributed by atoms with van der Waals surface area (Å²) in [6.45, 7) is 9.10. The highest BCUT2D eigenvalue weighted by atomic mass is 35.5. The largest absolute Gasteiger partial charge is 0.457 e. The third-order valence-corrected chi connectivity index (χ3v) is 6.67. The van der Waals surface area contributed by atoms with E-state index in [4.69, 9.17) is 26.8 Å². The summed E-state index contributed by atoms with van der Waals surface area (Å²) >= 11 is 7.27. The fourth-order valence-electron chi connectivity index (χ4n) is 4.03. The molecule has 10 heteroatoms. The molecular formula is C25H30ClN5O3S. The summed E-state index contributed by atoms with van der Waals surface area (Å²) in [6, 6.07) is 13.0. The normalized spacial score (nSPS) is 19.0. The minimum atomic E-state index is -0.260. The Bertz CT molecular complexity index is 1230. The molecule has 2 unspecified atom stereocenters. The number of hydrogen-bond donors (Lipinski definition) is 3. The second kappa shape index (κ2) is 11.3. The smallest absolute Gasteiger partial charge is 0.271 e. The first-order valence-electron chi connectivity index (χ1n) is 11.5. The third-order valence-electron chi connectivity index (χ3n) is 5.64. The zero-order valence-electron chi connectivity index (χ0n) is 20.0. The van der Waals surface area contributed by atoms with Crippen LogP contribution in [0.4, 0.5) is 10.7 Å². The highest BCUT2D eigenvalue weighted by Crippen LogP contribution is 2.30. The Balaban J connectivity index is 1.40. The number of hydrogen-bond acceptors (Lipinski definition) is 7. The van der Waals surface area contributed by atoms with Crippen molar-refractivity contribution in [1.29, 1.82) is 0 Å². The Hall–Kier alpha value is -2.85. The average Bonchev–Trinajstić information content (AvgIpc) is 3.16. The van der Waals surface area contributed by atoms with Crippen molar-refractivity contribution in [1.82, 2.24) is 9.27 Å². The van der Waals surface area contributed by atoms with E-state index in [2.05, 4.69) is 33.4 Å². The fourth-order valence-corrected chi connectivity index (χ4v) is 4.96. The van der Waals surface area contributed by atoms with Gasteiger partial charge in [-0.1, -0.05) is 17.7 Å². The van der Waals surface area contributed by atoms with Crippen LogP contribution >= 0.6 is 23.1 Å². The van der Waals surface area contributed by atoms with Crippen LogP contribution in [0.1, 0.15) is 25.0 Å². The topological polar surface area (TPSA) is 105 Å².